The van der Waals surface area contributed by atoms with E-state index >= 15 is 0 Å². The van der Waals surface area contributed by atoms with Crippen molar-refractivity contribution in [3.63, 3.8) is 0 Å². The van der Waals surface area contributed by atoms with Crippen LogP contribution in [0.25, 0.3) is 33.1 Å². The summed E-state index contributed by atoms with van der Waals surface area (Å²) >= 11 is 6.61. The van der Waals surface area contributed by atoms with Crippen molar-refractivity contribution < 1.29 is 18.3 Å². The number of hydrogen-bond acceptors (Lipinski definition) is 5. The maximum absolute atomic E-state index is 12.4. The zero-order chi connectivity index (χ0) is 22.2. The fraction of sp³-hybridized carbons (Fsp3) is 0.261. The number of nitrogens with zero attached hydrogens (tertiary/aromatic N) is 1. The minimum Gasteiger partial charge on any atom is -0.490 e. The average Bonchev–Trinajstić information content (AvgIpc) is 3.13. The van der Waals surface area contributed by atoms with Crippen molar-refractivity contribution in [1.29, 1.82) is 0 Å². The van der Waals surface area contributed by atoms with Gasteiger partial charge in [-0.25, -0.2) is 13.4 Å². The molecule has 0 saturated heterocycles. The number of aromatic nitrogens is 2. The number of aromatic amines is 1. The van der Waals surface area contributed by atoms with Gasteiger partial charge in [-0.1, -0.05) is 30.7 Å². The molecule has 2 aromatic carbocycles. The van der Waals surface area contributed by atoms with Gasteiger partial charge < -0.3 is 14.8 Å². The molecule has 4 aromatic rings. The Morgan fingerprint density at radius 2 is 2.03 bits per heavy atom. The van der Waals surface area contributed by atoms with Gasteiger partial charge >= 0.3 is 0 Å². The van der Waals surface area contributed by atoms with Crippen LogP contribution in [0.3, 0.4) is 0 Å². The first-order valence-corrected chi connectivity index (χ1v) is 12.1. The van der Waals surface area contributed by atoms with Crippen molar-refractivity contribution in [2.45, 2.75) is 25.2 Å². The Labute approximate surface area is 185 Å². The molecule has 2 N–H and O–H groups in total. The Morgan fingerprint density at radius 3 is 2.77 bits per heavy atom. The van der Waals surface area contributed by atoms with Crippen LogP contribution in [0.5, 0.6) is 5.75 Å². The lowest BCUT2D eigenvalue weighted by molar-refractivity contribution is 0.235. The van der Waals surface area contributed by atoms with Crippen molar-refractivity contribution in [2.24, 2.45) is 0 Å². The Hall–Kier alpha value is -2.61. The van der Waals surface area contributed by atoms with E-state index in [2.05, 4.69) is 9.97 Å². The topological polar surface area (TPSA) is 92.3 Å². The highest BCUT2D eigenvalue weighted by atomic mass is 35.5. The largest absolute Gasteiger partial charge is 0.490 e. The molecule has 0 aliphatic heterocycles. The Bertz CT molecular complexity index is 1380. The van der Waals surface area contributed by atoms with Crippen LogP contribution in [0.4, 0.5) is 0 Å². The quantitative estimate of drug-likeness (QED) is 0.384. The molecule has 0 radical (unpaired) electrons. The van der Waals surface area contributed by atoms with Gasteiger partial charge in [0.1, 0.15) is 5.65 Å². The number of nitrogens with one attached hydrogen (secondary N) is 1. The number of fused-ring (bicyclic) bond motifs is 3. The first kappa shape index (κ1) is 21.6. The third-order valence-electron chi connectivity index (χ3n) is 5.20. The number of H-pyrrole nitrogens is 1. The number of benzene rings is 2. The summed E-state index contributed by atoms with van der Waals surface area (Å²) in [5.74, 6) is 0.516. The number of ether oxygens (including phenoxy) is 1. The zero-order valence-corrected chi connectivity index (χ0v) is 18.8. The second kappa shape index (κ2) is 8.49. The van der Waals surface area contributed by atoms with Crippen molar-refractivity contribution in [3.05, 3.63) is 53.2 Å². The van der Waals surface area contributed by atoms with Gasteiger partial charge in [0, 0.05) is 30.0 Å². The summed E-state index contributed by atoms with van der Waals surface area (Å²) in [5, 5.41) is 11.3. The van der Waals surface area contributed by atoms with Gasteiger partial charge in [0.05, 0.1) is 27.8 Å². The van der Waals surface area contributed by atoms with Gasteiger partial charge in [0.25, 0.3) is 0 Å². The molecular weight excluding hydrogens is 436 g/mol. The zero-order valence-electron chi connectivity index (χ0n) is 17.3. The number of aliphatic hydroxyl groups is 1. The van der Waals surface area contributed by atoms with Crippen LogP contribution in [0, 0.1) is 6.92 Å². The minimum atomic E-state index is -3.35. The molecule has 0 aliphatic carbocycles. The summed E-state index contributed by atoms with van der Waals surface area (Å²) in [6.07, 6.45) is 2.26. The number of aryl methyl sites for hydroxylation is 1. The first-order valence-electron chi connectivity index (χ1n) is 10.0. The summed E-state index contributed by atoms with van der Waals surface area (Å²) in [4.78, 5) is 8.08. The van der Waals surface area contributed by atoms with Crippen LogP contribution in [0.15, 0.2) is 47.5 Å². The van der Waals surface area contributed by atoms with Gasteiger partial charge in [0.2, 0.25) is 0 Å². The number of hydrogen-bond donors (Lipinski definition) is 2. The fourth-order valence-electron chi connectivity index (χ4n) is 3.64. The van der Waals surface area contributed by atoms with Gasteiger partial charge in [0.15, 0.2) is 15.6 Å². The molecule has 0 unspecified atom stereocenters. The SMILES string of the molecule is CCS(=O)(=O)c1cccc(-c2cc(Cl)c(OCCCO)c3[nH]c4ncc(C)cc4c23)c1. The van der Waals surface area contributed by atoms with Gasteiger partial charge in [-0.3, -0.25) is 0 Å². The van der Waals surface area contributed by atoms with Crippen molar-refractivity contribution in [3.8, 4) is 16.9 Å². The predicted octanol–water partition coefficient (Wildman–Crippen LogP) is 4.90. The molecule has 0 spiro atoms. The van der Waals surface area contributed by atoms with Crippen LogP contribution < -0.4 is 4.74 Å². The van der Waals surface area contributed by atoms with Crippen LogP contribution in [0.1, 0.15) is 18.9 Å². The van der Waals surface area contributed by atoms with Crippen LogP contribution in [-0.2, 0) is 9.84 Å². The lowest BCUT2D eigenvalue weighted by Crippen LogP contribution is -2.03. The molecule has 0 fully saturated rings. The van der Waals surface area contributed by atoms with E-state index in [1.165, 1.54) is 0 Å². The molecule has 31 heavy (non-hydrogen) atoms. The number of aliphatic hydroxyl groups excluding tert-OH is 1. The highest BCUT2D eigenvalue weighted by Crippen LogP contribution is 2.43. The minimum absolute atomic E-state index is 0.0188. The smallest absolute Gasteiger partial charge is 0.178 e. The van der Waals surface area contributed by atoms with E-state index in [1.54, 1.807) is 37.4 Å². The predicted molar refractivity (Wildman–Crippen MR) is 124 cm³/mol. The van der Waals surface area contributed by atoms with Crippen molar-refractivity contribution >= 4 is 43.4 Å². The molecule has 0 aliphatic rings. The first-order chi connectivity index (χ1) is 14.9. The summed E-state index contributed by atoms with van der Waals surface area (Å²) in [5.41, 5.74) is 3.91. The lowest BCUT2D eigenvalue weighted by atomic mass is 9.99. The Kier molecular flexibility index (Phi) is 5.92. The normalized spacial score (nSPS) is 12.0. The van der Waals surface area contributed by atoms with E-state index in [9.17, 15) is 8.42 Å². The van der Waals surface area contributed by atoms with Crippen LogP contribution >= 0.6 is 11.6 Å². The second-order valence-electron chi connectivity index (χ2n) is 7.38. The summed E-state index contributed by atoms with van der Waals surface area (Å²) in [6, 6.07) is 10.7. The van der Waals surface area contributed by atoms with Crippen LogP contribution in [-0.4, -0.2) is 42.5 Å². The molecule has 162 valence electrons. The molecule has 2 heterocycles. The van der Waals surface area contributed by atoms with Crippen molar-refractivity contribution in [2.75, 3.05) is 19.0 Å². The van der Waals surface area contributed by atoms with Gasteiger partial charge in [-0.15, -0.1) is 0 Å². The number of rotatable bonds is 7. The van der Waals surface area contributed by atoms with Gasteiger partial charge in [-0.05, 0) is 47.9 Å². The highest BCUT2D eigenvalue weighted by molar-refractivity contribution is 7.91. The molecule has 0 saturated carbocycles. The molecule has 0 bridgehead atoms. The average molecular weight is 459 g/mol. The maximum Gasteiger partial charge on any atom is 0.178 e. The van der Waals surface area contributed by atoms with Gasteiger partial charge in [-0.2, -0.15) is 0 Å². The molecule has 6 nitrogen and oxygen atoms in total. The standard InChI is InChI=1S/C23H23ClN2O4S/c1-3-31(28,29)16-7-4-6-15(11-16)17-12-19(24)22(30-9-5-8-27)21-20(17)18-10-14(2)13-25-23(18)26-21/h4,6-7,10-13,27H,3,5,8-9H2,1-2H3,(H,25,26). The van der Waals surface area contributed by atoms with E-state index in [4.69, 9.17) is 21.4 Å². The van der Waals surface area contributed by atoms with E-state index in [-0.39, 0.29) is 17.3 Å². The summed E-state index contributed by atoms with van der Waals surface area (Å²) in [7, 11) is -3.35. The van der Waals surface area contributed by atoms with E-state index in [0.29, 0.717) is 35.0 Å². The summed E-state index contributed by atoms with van der Waals surface area (Å²) < 4.78 is 30.8. The Morgan fingerprint density at radius 1 is 1.23 bits per heavy atom. The molecule has 4 rings (SSSR count). The number of halogens is 1. The number of sulfone groups is 1. The molecule has 8 heteroatoms. The lowest BCUT2D eigenvalue weighted by Gasteiger charge is -2.13. The fourth-order valence-corrected chi connectivity index (χ4v) is 4.82. The third kappa shape index (κ3) is 4.01. The molecule has 0 atom stereocenters. The van der Waals surface area contributed by atoms with E-state index in [1.807, 2.05) is 19.1 Å². The second-order valence-corrected chi connectivity index (χ2v) is 10.1. The monoisotopic (exact) mass is 458 g/mol. The number of pyridine rings is 1. The molecule has 0 amide bonds. The molecular formula is C23H23ClN2O4S. The highest BCUT2D eigenvalue weighted by Gasteiger charge is 2.20. The van der Waals surface area contributed by atoms with E-state index < -0.39 is 9.84 Å². The van der Waals surface area contributed by atoms with Crippen molar-refractivity contribution in [1.82, 2.24) is 9.97 Å². The maximum atomic E-state index is 12.4. The Balaban J connectivity index is 2.02. The van der Waals surface area contributed by atoms with E-state index in [0.717, 1.165) is 27.5 Å². The third-order valence-corrected chi connectivity index (χ3v) is 7.22. The van der Waals surface area contributed by atoms with Crippen LogP contribution in [0.2, 0.25) is 5.02 Å². The molecule has 2 aromatic heterocycles. The summed E-state index contributed by atoms with van der Waals surface area (Å²) in [6.45, 7) is 3.93.